The molecule has 152 valence electrons. The van der Waals surface area contributed by atoms with Gasteiger partial charge in [0.25, 0.3) is 5.91 Å². The molecule has 0 aliphatic heterocycles. The largest absolute Gasteiger partial charge is 0.298 e. The van der Waals surface area contributed by atoms with E-state index in [9.17, 15) is 17.6 Å². The highest BCUT2D eigenvalue weighted by atomic mass is 32.2. The fraction of sp³-hybridized carbons (Fsp3) is 0.200. The summed E-state index contributed by atoms with van der Waals surface area (Å²) in [6, 6.07) is 12.2. The van der Waals surface area contributed by atoms with Crippen LogP contribution in [0, 0.1) is 12.7 Å². The third kappa shape index (κ3) is 4.69. The zero-order valence-electron chi connectivity index (χ0n) is 16.1. The van der Waals surface area contributed by atoms with E-state index >= 15 is 0 Å². The van der Waals surface area contributed by atoms with Crippen LogP contribution in [0.15, 0.2) is 53.4 Å². The van der Waals surface area contributed by atoms with Gasteiger partial charge in [0.2, 0.25) is 10.0 Å². The third-order valence-corrected chi connectivity index (χ3v) is 7.22. The zero-order chi connectivity index (χ0) is 21.2. The summed E-state index contributed by atoms with van der Waals surface area (Å²) in [7, 11) is -0.665. The lowest BCUT2D eigenvalue weighted by Gasteiger charge is -2.11. The van der Waals surface area contributed by atoms with Crippen molar-refractivity contribution in [2.24, 2.45) is 0 Å². The van der Waals surface area contributed by atoms with Crippen molar-refractivity contribution in [1.29, 1.82) is 0 Å². The van der Waals surface area contributed by atoms with Crippen LogP contribution in [0.4, 0.5) is 9.52 Å². The Labute approximate surface area is 173 Å². The average molecular weight is 434 g/mol. The van der Waals surface area contributed by atoms with Gasteiger partial charge in [-0.25, -0.2) is 22.1 Å². The molecule has 1 amide bonds. The van der Waals surface area contributed by atoms with Gasteiger partial charge in [0.1, 0.15) is 5.82 Å². The summed E-state index contributed by atoms with van der Waals surface area (Å²) >= 11 is 1.29. The highest BCUT2D eigenvalue weighted by Gasteiger charge is 2.18. The second kappa shape index (κ2) is 8.40. The number of carbonyl (C=O) groups excluding carboxylic acids is 1. The Bertz CT molecular complexity index is 1140. The fourth-order valence-electron chi connectivity index (χ4n) is 2.62. The monoisotopic (exact) mass is 433 g/mol. The number of carbonyl (C=O) groups is 1. The summed E-state index contributed by atoms with van der Waals surface area (Å²) < 4.78 is 39.2. The van der Waals surface area contributed by atoms with Crippen molar-refractivity contribution in [2.75, 3.05) is 19.4 Å². The Morgan fingerprint density at radius 2 is 1.79 bits per heavy atom. The Hall–Kier alpha value is -2.62. The van der Waals surface area contributed by atoms with Crippen LogP contribution in [0.3, 0.4) is 0 Å². The molecule has 0 aliphatic carbocycles. The van der Waals surface area contributed by atoms with Gasteiger partial charge < -0.3 is 0 Å². The van der Waals surface area contributed by atoms with Gasteiger partial charge in [-0.3, -0.25) is 10.1 Å². The molecule has 3 rings (SSSR count). The Kier molecular flexibility index (Phi) is 6.11. The summed E-state index contributed by atoms with van der Waals surface area (Å²) in [6.45, 7) is 1.81. The normalized spacial score (nSPS) is 11.6. The predicted molar refractivity (Wildman–Crippen MR) is 111 cm³/mol. The van der Waals surface area contributed by atoms with Crippen LogP contribution in [-0.2, 0) is 16.4 Å². The van der Waals surface area contributed by atoms with Crippen molar-refractivity contribution in [3.8, 4) is 0 Å². The first-order valence-electron chi connectivity index (χ1n) is 8.72. The lowest BCUT2D eigenvalue weighted by molar-refractivity contribution is 0.102. The van der Waals surface area contributed by atoms with Crippen LogP contribution in [-0.4, -0.2) is 37.7 Å². The van der Waals surface area contributed by atoms with E-state index in [0.717, 1.165) is 14.9 Å². The Balaban J connectivity index is 1.74. The van der Waals surface area contributed by atoms with Crippen molar-refractivity contribution >= 4 is 32.4 Å². The molecule has 1 aromatic heterocycles. The molecule has 1 N–H and O–H groups in total. The molecule has 2 aromatic carbocycles. The molecule has 0 aliphatic rings. The molecular formula is C20H20FN3O3S2. The quantitative estimate of drug-likeness (QED) is 0.643. The second-order valence-corrected chi connectivity index (χ2v) is 9.80. The van der Waals surface area contributed by atoms with Crippen LogP contribution >= 0.6 is 11.3 Å². The first-order valence-corrected chi connectivity index (χ1v) is 11.0. The molecule has 0 bridgehead atoms. The summed E-state index contributed by atoms with van der Waals surface area (Å²) in [4.78, 5) is 17.8. The van der Waals surface area contributed by atoms with Gasteiger partial charge in [-0.05, 0) is 42.8 Å². The van der Waals surface area contributed by atoms with Gasteiger partial charge in [0, 0.05) is 31.0 Å². The maximum atomic E-state index is 13.9. The van der Waals surface area contributed by atoms with Crippen LogP contribution in [0.5, 0.6) is 0 Å². The molecule has 3 aromatic rings. The molecule has 0 saturated heterocycles. The van der Waals surface area contributed by atoms with E-state index in [1.807, 2.05) is 6.92 Å². The van der Waals surface area contributed by atoms with Crippen molar-refractivity contribution in [3.63, 3.8) is 0 Å². The van der Waals surface area contributed by atoms with Crippen LogP contribution in [0.1, 0.15) is 26.5 Å². The fourth-order valence-corrected chi connectivity index (χ4v) is 4.50. The molecule has 0 spiro atoms. The SMILES string of the molecule is Cc1nc(NC(=O)c2ccc(S(=O)(=O)N(C)C)cc2)sc1Cc1ccccc1F. The number of amides is 1. The van der Waals surface area contributed by atoms with E-state index in [0.29, 0.717) is 22.7 Å². The van der Waals surface area contributed by atoms with Crippen LogP contribution in [0.25, 0.3) is 0 Å². The van der Waals surface area contributed by atoms with Crippen molar-refractivity contribution in [3.05, 3.63) is 76.0 Å². The maximum Gasteiger partial charge on any atom is 0.257 e. The van der Waals surface area contributed by atoms with Gasteiger partial charge in [-0.2, -0.15) is 0 Å². The number of benzene rings is 2. The highest BCUT2D eigenvalue weighted by Crippen LogP contribution is 2.26. The summed E-state index contributed by atoms with van der Waals surface area (Å²) in [5, 5.41) is 3.12. The summed E-state index contributed by atoms with van der Waals surface area (Å²) in [5.74, 6) is -0.677. The maximum absolute atomic E-state index is 13.9. The molecule has 6 nitrogen and oxygen atoms in total. The number of hydrogen-bond acceptors (Lipinski definition) is 5. The molecule has 9 heteroatoms. The molecule has 0 atom stereocenters. The smallest absolute Gasteiger partial charge is 0.257 e. The molecular weight excluding hydrogens is 413 g/mol. The number of hydrogen-bond donors (Lipinski definition) is 1. The lowest BCUT2D eigenvalue weighted by atomic mass is 10.1. The molecule has 0 fully saturated rings. The molecule has 0 unspecified atom stereocenters. The summed E-state index contributed by atoms with van der Waals surface area (Å²) in [6.07, 6.45) is 0.392. The lowest BCUT2D eigenvalue weighted by Crippen LogP contribution is -2.22. The standard InChI is InChI=1S/C20H20FN3O3S2/c1-13-18(12-15-6-4-5-7-17(15)21)28-20(22-13)23-19(25)14-8-10-16(11-9-14)29(26,27)24(2)3/h4-11H,12H2,1-3H3,(H,22,23,25). The van der Waals surface area contributed by atoms with Gasteiger partial charge in [0.05, 0.1) is 10.6 Å². The number of halogens is 1. The van der Waals surface area contributed by atoms with Gasteiger partial charge in [-0.15, -0.1) is 11.3 Å². The van der Waals surface area contributed by atoms with E-state index in [1.165, 1.54) is 55.8 Å². The number of rotatable bonds is 6. The number of aryl methyl sites for hydroxylation is 1. The van der Waals surface area contributed by atoms with Crippen LogP contribution in [0.2, 0.25) is 0 Å². The summed E-state index contributed by atoms with van der Waals surface area (Å²) in [5.41, 5.74) is 1.60. The average Bonchev–Trinajstić information content (AvgIpc) is 3.02. The second-order valence-electron chi connectivity index (χ2n) is 6.56. The van der Waals surface area contributed by atoms with Crippen molar-refractivity contribution in [2.45, 2.75) is 18.2 Å². The van der Waals surface area contributed by atoms with Gasteiger partial charge >= 0.3 is 0 Å². The molecule has 1 heterocycles. The predicted octanol–water partition coefficient (Wildman–Crippen LogP) is 3.68. The zero-order valence-corrected chi connectivity index (χ0v) is 17.8. The Morgan fingerprint density at radius 3 is 2.41 bits per heavy atom. The first-order chi connectivity index (χ1) is 13.7. The highest BCUT2D eigenvalue weighted by molar-refractivity contribution is 7.89. The van der Waals surface area contributed by atoms with E-state index in [4.69, 9.17) is 0 Å². The van der Waals surface area contributed by atoms with Crippen molar-refractivity contribution < 1.29 is 17.6 Å². The van der Waals surface area contributed by atoms with E-state index in [1.54, 1.807) is 18.2 Å². The number of aromatic nitrogens is 1. The van der Waals surface area contributed by atoms with E-state index in [2.05, 4.69) is 10.3 Å². The topological polar surface area (TPSA) is 79.4 Å². The Morgan fingerprint density at radius 1 is 1.14 bits per heavy atom. The van der Waals surface area contributed by atoms with E-state index in [-0.39, 0.29) is 10.7 Å². The van der Waals surface area contributed by atoms with Crippen molar-refractivity contribution in [1.82, 2.24) is 9.29 Å². The minimum atomic E-state index is -3.55. The number of thiazole rings is 1. The minimum Gasteiger partial charge on any atom is -0.298 e. The van der Waals surface area contributed by atoms with Crippen LogP contribution < -0.4 is 5.32 Å². The first kappa shape index (κ1) is 21.1. The van der Waals surface area contributed by atoms with E-state index < -0.39 is 15.9 Å². The van der Waals surface area contributed by atoms with Gasteiger partial charge in [0.15, 0.2) is 5.13 Å². The van der Waals surface area contributed by atoms with Gasteiger partial charge in [-0.1, -0.05) is 18.2 Å². The molecule has 0 radical (unpaired) electrons. The molecule has 0 saturated carbocycles. The number of anilines is 1. The molecule has 29 heavy (non-hydrogen) atoms. The number of sulfonamides is 1. The number of nitrogens with one attached hydrogen (secondary N) is 1. The number of nitrogens with zero attached hydrogens (tertiary/aromatic N) is 2. The third-order valence-electron chi connectivity index (χ3n) is 4.32. The minimum absolute atomic E-state index is 0.108.